The Kier molecular flexibility index (Phi) is 9.85. The molecule has 1 amide bonds. The molecule has 2 aliphatic rings. The number of amides is 1. The summed E-state index contributed by atoms with van der Waals surface area (Å²) in [6.07, 6.45) is 6.14. The van der Waals surface area contributed by atoms with E-state index in [1.54, 1.807) is 46.1 Å². The molecule has 4 heterocycles. The normalized spacial score (nSPS) is 15.0. The maximum absolute atomic E-state index is 13.8. The van der Waals surface area contributed by atoms with Crippen molar-refractivity contribution in [3.8, 4) is 39.6 Å². The van der Waals surface area contributed by atoms with Crippen LogP contribution < -0.4 is 43.8 Å². The van der Waals surface area contributed by atoms with Gasteiger partial charge in [-0.05, 0) is 56.3 Å². The van der Waals surface area contributed by atoms with Crippen LogP contribution >= 0.6 is 0 Å². The Labute approximate surface area is 290 Å². The Hall–Kier alpha value is -4.19. The number of hydrogen-bond donors (Lipinski definition) is 1. The second-order valence-corrected chi connectivity index (χ2v) is 11.2. The molecule has 0 unspecified atom stereocenters. The number of aryl methyl sites for hydroxylation is 1. The summed E-state index contributed by atoms with van der Waals surface area (Å²) < 4.78 is 20.1. The number of carbonyl (C=O) groups is 3. The number of rotatable bonds is 8. The van der Waals surface area contributed by atoms with E-state index in [1.807, 2.05) is 33.2 Å². The molecule has 0 saturated carbocycles. The molecule has 4 aromatic rings. The van der Waals surface area contributed by atoms with Crippen LogP contribution in [0.2, 0.25) is 0 Å². The van der Waals surface area contributed by atoms with Gasteiger partial charge < -0.3 is 25.6 Å². The first-order valence-electron chi connectivity index (χ1n) is 15.0. The van der Waals surface area contributed by atoms with Crippen molar-refractivity contribution >= 4 is 17.7 Å². The fourth-order valence-corrected chi connectivity index (χ4v) is 6.01. The molecule has 234 valence electrons. The van der Waals surface area contributed by atoms with E-state index in [1.165, 1.54) is 12.3 Å². The van der Waals surface area contributed by atoms with Crippen LogP contribution in [0.5, 0.6) is 17.2 Å². The number of aromatic nitrogens is 3. The molecule has 6 rings (SSSR count). The first kappa shape index (κ1) is 33.2. The summed E-state index contributed by atoms with van der Waals surface area (Å²) in [5.74, 6) is 0.389. The predicted octanol–water partition coefficient (Wildman–Crippen LogP) is 2.40. The van der Waals surface area contributed by atoms with E-state index < -0.39 is 11.6 Å². The number of ketones is 1. The molecule has 1 spiro atoms. The largest absolute Gasteiger partial charge is 1.00 e. The molecule has 0 aliphatic carbocycles. The van der Waals surface area contributed by atoms with Crippen LogP contribution in [0.15, 0.2) is 61.1 Å². The molecule has 12 heteroatoms. The molecule has 2 aromatic heterocycles. The van der Waals surface area contributed by atoms with Crippen molar-refractivity contribution in [3.63, 3.8) is 0 Å². The van der Waals surface area contributed by atoms with E-state index in [4.69, 9.17) is 19.3 Å². The Balaban J connectivity index is 0.00000250. The van der Waals surface area contributed by atoms with Crippen LogP contribution in [0.25, 0.3) is 22.4 Å². The number of carboxylic acid groups (broad SMARTS) is 1. The molecule has 1 saturated heterocycles. The number of benzene rings is 2. The molecule has 0 bridgehead atoms. The summed E-state index contributed by atoms with van der Waals surface area (Å²) in [6, 6.07) is 12.0. The van der Waals surface area contributed by atoms with E-state index in [2.05, 4.69) is 10.1 Å². The minimum Gasteiger partial charge on any atom is -1.00 e. The second-order valence-electron chi connectivity index (χ2n) is 11.2. The van der Waals surface area contributed by atoms with E-state index in [-0.39, 0.29) is 54.7 Å². The van der Waals surface area contributed by atoms with Gasteiger partial charge in [0, 0.05) is 62.1 Å². The zero-order valence-electron chi connectivity index (χ0n) is 27.4. The number of Topliss-reactive ketones (excluding diaryl/α,β-unsaturated/α-hetero) is 1. The number of piperidine rings is 1. The van der Waals surface area contributed by atoms with Crippen LogP contribution in [-0.4, -0.2) is 74.3 Å². The molecule has 2 aliphatic heterocycles. The molecule has 11 nitrogen and oxygen atoms in total. The Morgan fingerprint density at radius 2 is 1.67 bits per heavy atom. The fraction of sp³-hybridized carbons (Fsp3) is 0.324. The number of carbonyl (C=O) groups excluding carboxylic acids is 2. The van der Waals surface area contributed by atoms with Gasteiger partial charge in [0.05, 0.1) is 48.2 Å². The van der Waals surface area contributed by atoms with Crippen LogP contribution in [0, 0.1) is 0 Å². The van der Waals surface area contributed by atoms with Gasteiger partial charge in [-0.1, -0.05) is 0 Å². The van der Waals surface area contributed by atoms with Gasteiger partial charge in [-0.25, -0.2) is 4.79 Å². The minimum atomic E-state index is -1.05. The van der Waals surface area contributed by atoms with Crippen LogP contribution in [0.1, 0.15) is 65.6 Å². The summed E-state index contributed by atoms with van der Waals surface area (Å²) in [5, 5.41) is 13.4. The van der Waals surface area contributed by atoms with E-state index in [0.29, 0.717) is 78.8 Å². The zero-order valence-corrected chi connectivity index (χ0v) is 28.4. The van der Waals surface area contributed by atoms with Gasteiger partial charge in [0.15, 0.2) is 5.78 Å². The maximum Gasteiger partial charge on any atom is 1.00 e. The second kappa shape index (κ2) is 13.7. The van der Waals surface area contributed by atoms with Gasteiger partial charge >= 0.3 is 35.5 Å². The van der Waals surface area contributed by atoms with Crippen LogP contribution in [0.4, 0.5) is 0 Å². The van der Waals surface area contributed by atoms with Gasteiger partial charge in [-0.2, -0.15) is 5.10 Å². The first-order chi connectivity index (χ1) is 21.7. The SMILES string of the molecule is CCOc1cc(C(=O)N2CCC3(CC2)CC(=O)c2cc(-c4ccc(C(=O)O)cn4)ccc2O3)cc(OCC)c1-c1cnn(C)c1.[H-].[Na+]. The number of ether oxygens (including phenoxy) is 3. The molecular weight excluding hydrogens is 599 g/mol. The standard InChI is InChI=1S/C34H34N4O7.Na.H/c1-4-43-29-15-23(16-30(44-5-2)31(29)24-19-36-37(3)20-24)32(40)38-12-10-34(11-13-38)17-27(39)25-14-21(7-9-28(25)45-34)26-8-6-22(18-35-26)33(41)42;;/h6-9,14-16,18-20H,4-5,10-13,17H2,1-3H3,(H,41,42);;/q;+1;-1. The van der Waals surface area contributed by atoms with Crippen molar-refractivity contribution in [2.75, 3.05) is 26.3 Å². The fourth-order valence-electron chi connectivity index (χ4n) is 6.01. The number of likely N-dealkylation sites (tertiary alicyclic amines) is 1. The van der Waals surface area contributed by atoms with E-state index >= 15 is 0 Å². The zero-order chi connectivity index (χ0) is 31.7. The monoisotopic (exact) mass is 634 g/mol. The van der Waals surface area contributed by atoms with Gasteiger partial charge in [0.25, 0.3) is 5.91 Å². The quantitative estimate of drug-likeness (QED) is 0.290. The average molecular weight is 635 g/mol. The topological polar surface area (TPSA) is 133 Å². The number of pyridine rings is 1. The van der Waals surface area contributed by atoms with Crippen molar-refractivity contribution in [3.05, 3.63) is 77.7 Å². The Bertz CT molecular complexity index is 1760. The van der Waals surface area contributed by atoms with Gasteiger partial charge in [0.1, 0.15) is 22.8 Å². The summed E-state index contributed by atoms with van der Waals surface area (Å²) in [5.41, 5.74) is 3.19. The maximum atomic E-state index is 13.8. The van der Waals surface area contributed by atoms with Gasteiger partial charge in [0.2, 0.25) is 0 Å². The van der Waals surface area contributed by atoms with Crippen molar-refractivity contribution in [1.29, 1.82) is 0 Å². The number of hydrogen-bond acceptors (Lipinski definition) is 8. The third-order valence-corrected chi connectivity index (χ3v) is 8.26. The molecule has 1 fully saturated rings. The molecule has 0 radical (unpaired) electrons. The van der Waals surface area contributed by atoms with E-state index in [9.17, 15) is 14.4 Å². The Morgan fingerprint density at radius 1 is 0.978 bits per heavy atom. The summed E-state index contributed by atoms with van der Waals surface area (Å²) >= 11 is 0. The van der Waals surface area contributed by atoms with Crippen molar-refractivity contribution in [1.82, 2.24) is 19.7 Å². The smallest absolute Gasteiger partial charge is 1.00 e. The van der Waals surface area contributed by atoms with Crippen LogP contribution in [0.3, 0.4) is 0 Å². The van der Waals surface area contributed by atoms with Gasteiger partial charge in [-0.15, -0.1) is 0 Å². The first-order valence-corrected chi connectivity index (χ1v) is 15.0. The molecule has 46 heavy (non-hydrogen) atoms. The third kappa shape index (κ3) is 6.53. The summed E-state index contributed by atoms with van der Waals surface area (Å²) in [7, 11) is 1.84. The molecular formula is C34H35N4NaO7. The van der Waals surface area contributed by atoms with Crippen molar-refractivity contribution in [2.45, 2.75) is 38.7 Å². The summed E-state index contributed by atoms with van der Waals surface area (Å²) in [6.45, 7) is 5.49. The number of aromatic carboxylic acids is 1. The predicted molar refractivity (Wildman–Crippen MR) is 166 cm³/mol. The molecule has 1 N–H and O–H groups in total. The average Bonchev–Trinajstić information content (AvgIpc) is 3.46. The van der Waals surface area contributed by atoms with E-state index in [0.717, 1.165) is 11.1 Å². The molecule has 2 aromatic carbocycles. The summed E-state index contributed by atoms with van der Waals surface area (Å²) in [4.78, 5) is 44.3. The Morgan fingerprint density at radius 3 is 2.24 bits per heavy atom. The minimum absolute atomic E-state index is 0. The number of carboxylic acids is 1. The van der Waals surface area contributed by atoms with Gasteiger partial charge in [-0.3, -0.25) is 19.3 Å². The van der Waals surface area contributed by atoms with Crippen LogP contribution in [-0.2, 0) is 7.05 Å². The van der Waals surface area contributed by atoms with Crippen molar-refractivity contribution in [2.24, 2.45) is 7.05 Å². The number of nitrogens with zero attached hydrogens (tertiary/aromatic N) is 4. The molecule has 0 atom stereocenters. The third-order valence-electron chi connectivity index (χ3n) is 8.26. The number of fused-ring (bicyclic) bond motifs is 1. The van der Waals surface area contributed by atoms with Crippen molar-refractivity contribution < 1.29 is 64.7 Å².